The molecule has 0 radical (unpaired) electrons. The lowest BCUT2D eigenvalue weighted by Crippen LogP contribution is -2.41. The quantitative estimate of drug-likeness (QED) is 0.736. The van der Waals surface area contributed by atoms with Gasteiger partial charge < -0.3 is 9.84 Å². The van der Waals surface area contributed by atoms with E-state index in [-0.39, 0.29) is 16.6 Å². The molecule has 0 bridgehead atoms. The van der Waals surface area contributed by atoms with Crippen LogP contribution in [0.1, 0.15) is 86.4 Å². The molecule has 1 N–H and O–H groups in total. The Hall–Kier alpha value is -2.80. The highest BCUT2D eigenvalue weighted by Gasteiger charge is 2.39. The van der Waals surface area contributed by atoms with Gasteiger partial charge in [0.15, 0.2) is 0 Å². The van der Waals surface area contributed by atoms with Crippen LogP contribution in [-0.4, -0.2) is 21.7 Å². The van der Waals surface area contributed by atoms with Gasteiger partial charge in [0.25, 0.3) is 0 Å². The van der Waals surface area contributed by atoms with Gasteiger partial charge in [-0.1, -0.05) is 33.6 Å². The van der Waals surface area contributed by atoms with Crippen molar-refractivity contribution in [2.45, 2.75) is 71.8 Å². The van der Waals surface area contributed by atoms with E-state index in [1.807, 2.05) is 6.92 Å². The first-order valence-corrected chi connectivity index (χ1v) is 10.2. The molecule has 2 aromatic rings. The number of hydrogen-bond donors (Lipinski definition) is 1. The Morgan fingerprint density at radius 2 is 1.86 bits per heavy atom. The summed E-state index contributed by atoms with van der Waals surface area (Å²) in [7, 11) is 0. The zero-order chi connectivity index (χ0) is 21.4. The fourth-order valence-electron chi connectivity index (χ4n) is 4.30. The highest BCUT2D eigenvalue weighted by Crippen LogP contribution is 2.45. The minimum atomic E-state index is -0.957. The van der Waals surface area contributed by atoms with Gasteiger partial charge in [0.1, 0.15) is 17.0 Å². The van der Waals surface area contributed by atoms with Crippen molar-refractivity contribution in [3.05, 3.63) is 57.9 Å². The van der Waals surface area contributed by atoms with Crippen LogP contribution in [0.25, 0.3) is 0 Å². The summed E-state index contributed by atoms with van der Waals surface area (Å²) in [5, 5.41) is 9.27. The molecule has 2 heterocycles. The zero-order valence-corrected chi connectivity index (χ0v) is 18.1. The van der Waals surface area contributed by atoms with Crippen molar-refractivity contribution in [3.63, 3.8) is 0 Å². The Morgan fingerprint density at radius 1 is 1.14 bits per heavy atom. The Kier molecular flexibility index (Phi) is 5.45. The van der Waals surface area contributed by atoms with E-state index in [0.717, 1.165) is 29.7 Å². The summed E-state index contributed by atoms with van der Waals surface area (Å²) in [6.07, 6.45) is 2.34. The second-order valence-electron chi connectivity index (χ2n) is 8.88. The van der Waals surface area contributed by atoms with Gasteiger partial charge in [-0.25, -0.2) is 9.78 Å². The molecule has 1 aromatic carbocycles. The van der Waals surface area contributed by atoms with Gasteiger partial charge in [-0.15, -0.1) is 0 Å². The van der Waals surface area contributed by atoms with Gasteiger partial charge in [0, 0.05) is 11.1 Å². The molecule has 3 rings (SSSR count). The first-order chi connectivity index (χ1) is 13.6. The standard InChI is InChI=1S/C25H29NO3/c1-7-16-14-22-20(24(3,4)15-25(5,6)29-22)13-17(16)9-10-18-11-12-19(23(27)28)21(8-2)26-18/h11-14H,7-8,15H2,1-6H3,(H,27,28). The van der Waals surface area contributed by atoms with Crippen LogP contribution in [0.4, 0.5) is 0 Å². The SMILES string of the molecule is CCc1cc2c(cc1C#Cc1ccc(C(=O)O)c(CC)n1)C(C)(C)CC(C)(C)O2. The number of ether oxygens (including phenoxy) is 1. The summed E-state index contributed by atoms with van der Waals surface area (Å²) in [4.78, 5) is 15.7. The largest absolute Gasteiger partial charge is 0.488 e. The third-order valence-corrected chi connectivity index (χ3v) is 5.43. The maximum absolute atomic E-state index is 11.3. The van der Waals surface area contributed by atoms with Crippen LogP contribution in [0, 0.1) is 11.8 Å². The smallest absolute Gasteiger partial charge is 0.337 e. The molecular weight excluding hydrogens is 362 g/mol. The van der Waals surface area contributed by atoms with Gasteiger partial charge in [-0.05, 0) is 74.3 Å². The van der Waals surface area contributed by atoms with Crippen molar-refractivity contribution >= 4 is 5.97 Å². The number of carbonyl (C=O) groups is 1. The molecule has 0 atom stereocenters. The molecule has 0 amide bonds. The molecule has 0 fully saturated rings. The summed E-state index contributed by atoms with van der Waals surface area (Å²) in [5.41, 5.74) is 4.49. The maximum atomic E-state index is 11.3. The van der Waals surface area contributed by atoms with Crippen LogP contribution in [0.2, 0.25) is 0 Å². The average Bonchev–Trinajstić information content (AvgIpc) is 2.63. The first-order valence-electron chi connectivity index (χ1n) is 10.2. The highest BCUT2D eigenvalue weighted by molar-refractivity contribution is 5.88. The molecule has 1 aliphatic rings. The van der Waals surface area contributed by atoms with Crippen molar-refractivity contribution in [1.82, 2.24) is 4.98 Å². The Labute approximate surface area is 173 Å². The van der Waals surface area contributed by atoms with Gasteiger partial charge in [0.05, 0.1) is 11.3 Å². The number of fused-ring (bicyclic) bond motifs is 1. The number of pyridine rings is 1. The lowest BCUT2D eigenvalue weighted by Gasteiger charge is -2.42. The number of carboxylic acids is 1. The maximum Gasteiger partial charge on any atom is 0.337 e. The normalized spacial score (nSPS) is 16.2. The predicted molar refractivity (Wildman–Crippen MR) is 115 cm³/mol. The van der Waals surface area contributed by atoms with Crippen molar-refractivity contribution in [2.24, 2.45) is 0 Å². The van der Waals surface area contributed by atoms with Crippen molar-refractivity contribution in [3.8, 4) is 17.6 Å². The number of carboxylic acid groups (broad SMARTS) is 1. The van der Waals surface area contributed by atoms with Gasteiger partial charge >= 0.3 is 5.97 Å². The summed E-state index contributed by atoms with van der Waals surface area (Å²) in [5.74, 6) is 6.40. The van der Waals surface area contributed by atoms with Crippen LogP contribution in [-0.2, 0) is 18.3 Å². The number of benzene rings is 1. The minimum absolute atomic E-state index is 0.00342. The molecule has 29 heavy (non-hydrogen) atoms. The summed E-state index contributed by atoms with van der Waals surface area (Å²) < 4.78 is 6.26. The van der Waals surface area contributed by atoms with E-state index in [9.17, 15) is 9.90 Å². The van der Waals surface area contributed by atoms with Crippen LogP contribution >= 0.6 is 0 Å². The second kappa shape index (κ2) is 7.55. The second-order valence-corrected chi connectivity index (χ2v) is 8.88. The molecule has 0 spiro atoms. The molecule has 0 saturated carbocycles. The van der Waals surface area contributed by atoms with Gasteiger partial charge in [-0.3, -0.25) is 0 Å². The molecule has 1 aromatic heterocycles. The Morgan fingerprint density at radius 3 is 2.48 bits per heavy atom. The minimum Gasteiger partial charge on any atom is -0.488 e. The number of hydrogen-bond acceptors (Lipinski definition) is 3. The molecule has 0 aliphatic carbocycles. The topological polar surface area (TPSA) is 59.4 Å². The first kappa shape index (κ1) is 20.9. The summed E-state index contributed by atoms with van der Waals surface area (Å²) in [6, 6.07) is 7.54. The molecule has 152 valence electrons. The lowest BCUT2D eigenvalue weighted by atomic mass is 9.73. The lowest BCUT2D eigenvalue weighted by molar-refractivity contribution is 0.0532. The fourth-order valence-corrected chi connectivity index (χ4v) is 4.30. The van der Waals surface area contributed by atoms with E-state index in [4.69, 9.17) is 4.74 Å². The summed E-state index contributed by atoms with van der Waals surface area (Å²) in [6.45, 7) is 12.8. The third-order valence-electron chi connectivity index (χ3n) is 5.43. The van der Waals surface area contributed by atoms with E-state index in [2.05, 4.69) is 63.6 Å². The van der Waals surface area contributed by atoms with Gasteiger partial charge in [-0.2, -0.15) is 0 Å². The van der Waals surface area contributed by atoms with Crippen molar-refractivity contribution < 1.29 is 14.6 Å². The van der Waals surface area contributed by atoms with Gasteiger partial charge in [0.2, 0.25) is 0 Å². The Balaban J connectivity index is 2.05. The van der Waals surface area contributed by atoms with Crippen molar-refractivity contribution in [2.75, 3.05) is 0 Å². The van der Waals surface area contributed by atoms with Crippen LogP contribution < -0.4 is 4.74 Å². The third kappa shape index (κ3) is 4.29. The van der Waals surface area contributed by atoms with E-state index < -0.39 is 5.97 Å². The molecule has 0 saturated heterocycles. The van der Waals surface area contributed by atoms with E-state index >= 15 is 0 Å². The number of aryl methyl sites for hydroxylation is 2. The number of nitrogens with zero attached hydrogens (tertiary/aromatic N) is 1. The van der Waals surface area contributed by atoms with Crippen molar-refractivity contribution in [1.29, 1.82) is 0 Å². The predicted octanol–water partition coefficient (Wildman–Crippen LogP) is 5.14. The Bertz CT molecular complexity index is 1020. The van der Waals surface area contributed by atoms with Crippen LogP contribution in [0.15, 0.2) is 24.3 Å². The number of aromatic carboxylic acids is 1. The van der Waals surface area contributed by atoms with E-state index in [1.165, 1.54) is 5.56 Å². The molecule has 4 nitrogen and oxygen atoms in total. The molecule has 1 aliphatic heterocycles. The van der Waals surface area contributed by atoms with Crippen LogP contribution in [0.3, 0.4) is 0 Å². The number of rotatable bonds is 3. The molecule has 4 heteroatoms. The van der Waals surface area contributed by atoms with E-state index in [0.29, 0.717) is 17.8 Å². The summed E-state index contributed by atoms with van der Waals surface area (Å²) >= 11 is 0. The monoisotopic (exact) mass is 391 g/mol. The molecular formula is C25H29NO3. The van der Waals surface area contributed by atoms with E-state index in [1.54, 1.807) is 12.1 Å². The zero-order valence-electron chi connectivity index (χ0n) is 18.1. The van der Waals surface area contributed by atoms with Crippen LogP contribution in [0.5, 0.6) is 5.75 Å². The highest BCUT2D eigenvalue weighted by atomic mass is 16.5. The fraction of sp³-hybridized carbons (Fsp3) is 0.440. The average molecular weight is 392 g/mol. The molecule has 0 unspecified atom stereocenters. The number of aromatic nitrogens is 1.